The maximum Gasteiger partial charge on any atom is 0.329 e. The van der Waals surface area contributed by atoms with E-state index in [-0.39, 0.29) is 11.3 Å². The maximum absolute atomic E-state index is 12.7. The second kappa shape index (κ2) is 7.67. The first-order chi connectivity index (χ1) is 13.2. The van der Waals surface area contributed by atoms with Crippen LogP contribution in [-0.2, 0) is 16.0 Å². The summed E-state index contributed by atoms with van der Waals surface area (Å²) in [7, 11) is 0. The lowest BCUT2D eigenvalue weighted by Crippen LogP contribution is -2.38. The zero-order chi connectivity index (χ0) is 20.3. The normalized spacial score (nSPS) is 12.5. The smallest absolute Gasteiger partial charge is 0.329 e. The number of hydrogen-bond donors (Lipinski definition) is 1. The molecular weight excluding hydrogens is 362 g/mol. The molecule has 8 heteroatoms. The summed E-state index contributed by atoms with van der Waals surface area (Å²) >= 11 is 0. The predicted molar refractivity (Wildman–Crippen MR) is 104 cm³/mol. The zero-order valence-electron chi connectivity index (χ0n) is 15.8. The number of carbonyl (C=O) groups is 1. The maximum atomic E-state index is 12.7. The standard InChI is InChI=1S/C20H21N3O5/c1-20(2,3)27-19(24)16(11-13-7-5-4-6-8-13)21-18-15-10-9-14(23(25)26)12-17(15)28-22-18/h4-10,12,16H,11H2,1-3H3,(H,21,22)/t16-/m0/s1. The molecule has 0 bridgehead atoms. The minimum atomic E-state index is -0.704. The van der Waals surface area contributed by atoms with Gasteiger partial charge in [-0.15, -0.1) is 0 Å². The number of non-ortho nitro benzene ring substituents is 1. The number of carbonyl (C=O) groups excluding carboxylic acids is 1. The number of fused-ring (bicyclic) bond motifs is 1. The Morgan fingerprint density at radius 2 is 1.96 bits per heavy atom. The van der Waals surface area contributed by atoms with Gasteiger partial charge in [-0.1, -0.05) is 35.5 Å². The van der Waals surface area contributed by atoms with Gasteiger partial charge in [0.05, 0.1) is 16.4 Å². The fraction of sp³-hybridized carbons (Fsp3) is 0.300. The molecule has 8 nitrogen and oxygen atoms in total. The van der Waals surface area contributed by atoms with E-state index >= 15 is 0 Å². The quantitative estimate of drug-likeness (QED) is 0.388. The fourth-order valence-corrected chi connectivity index (χ4v) is 2.72. The minimum Gasteiger partial charge on any atom is -0.458 e. The summed E-state index contributed by atoms with van der Waals surface area (Å²) in [6, 6.07) is 13.0. The largest absolute Gasteiger partial charge is 0.458 e. The van der Waals surface area contributed by atoms with E-state index in [9.17, 15) is 14.9 Å². The molecule has 0 amide bonds. The third-order valence-electron chi connectivity index (χ3n) is 3.95. The number of rotatable bonds is 6. The highest BCUT2D eigenvalue weighted by atomic mass is 16.6. The Labute approximate surface area is 161 Å². The molecule has 0 aliphatic carbocycles. The van der Waals surface area contributed by atoms with Gasteiger partial charge in [0.15, 0.2) is 11.4 Å². The number of aromatic nitrogens is 1. The van der Waals surface area contributed by atoms with Crippen LogP contribution in [-0.4, -0.2) is 27.7 Å². The van der Waals surface area contributed by atoms with E-state index in [0.717, 1.165) is 5.56 Å². The number of nitrogens with one attached hydrogen (secondary N) is 1. The minimum absolute atomic E-state index is 0.0943. The average molecular weight is 383 g/mol. The highest BCUT2D eigenvalue weighted by Crippen LogP contribution is 2.27. The third-order valence-corrected chi connectivity index (χ3v) is 3.95. The van der Waals surface area contributed by atoms with Crippen LogP contribution in [0.4, 0.5) is 11.5 Å². The Balaban J connectivity index is 1.89. The molecule has 3 aromatic rings. The number of nitro benzene ring substituents is 1. The molecule has 146 valence electrons. The number of esters is 1. The van der Waals surface area contributed by atoms with Gasteiger partial charge in [-0.3, -0.25) is 10.1 Å². The van der Waals surface area contributed by atoms with E-state index in [4.69, 9.17) is 9.26 Å². The second-order valence-corrected chi connectivity index (χ2v) is 7.39. The van der Waals surface area contributed by atoms with Gasteiger partial charge in [0, 0.05) is 12.5 Å². The first-order valence-corrected chi connectivity index (χ1v) is 8.80. The highest BCUT2D eigenvalue weighted by Gasteiger charge is 2.27. The van der Waals surface area contributed by atoms with Crippen molar-refractivity contribution in [1.29, 1.82) is 0 Å². The van der Waals surface area contributed by atoms with Crippen LogP contribution >= 0.6 is 0 Å². The Hall–Kier alpha value is -3.42. The Morgan fingerprint density at radius 1 is 1.25 bits per heavy atom. The molecule has 1 aromatic heterocycles. The monoisotopic (exact) mass is 383 g/mol. The van der Waals surface area contributed by atoms with Gasteiger partial charge in [-0.25, -0.2) is 4.79 Å². The van der Waals surface area contributed by atoms with Gasteiger partial charge in [0.1, 0.15) is 11.6 Å². The van der Waals surface area contributed by atoms with Gasteiger partial charge >= 0.3 is 5.97 Å². The number of benzene rings is 2. The highest BCUT2D eigenvalue weighted by molar-refractivity contribution is 5.91. The van der Waals surface area contributed by atoms with Crippen molar-refractivity contribution in [3.05, 3.63) is 64.2 Å². The van der Waals surface area contributed by atoms with Crippen molar-refractivity contribution in [3.63, 3.8) is 0 Å². The fourth-order valence-electron chi connectivity index (χ4n) is 2.72. The van der Waals surface area contributed by atoms with E-state index in [2.05, 4.69) is 10.5 Å². The second-order valence-electron chi connectivity index (χ2n) is 7.39. The van der Waals surface area contributed by atoms with Gasteiger partial charge in [0.25, 0.3) is 5.69 Å². The summed E-state index contributed by atoms with van der Waals surface area (Å²) in [4.78, 5) is 23.2. The van der Waals surface area contributed by atoms with E-state index < -0.39 is 22.5 Å². The zero-order valence-corrected chi connectivity index (χ0v) is 15.8. The van der Waals surface area contributed by atoms with Crippen LogP contribution in [0.5, 0.6) is 0 Å². The molecule has 0 fully saturated rings. The molecule has 0 saturated carbocycles. The molecule has 1 heterocycles. The molecule has 1 atom stereocenters. The molecule has 0 spiro atoms. The topological polar surface area (TPSA) is 108 Å². The summed E-state index contributed by atoms with van der Waals surface area (Å²) < 4.78 is 10.7. The molecule has 0 radical (unpaired) electrons. The van der Waals surface area contributed by atoms with Crippen LogP contribution in [0.1, 0.15) is 26.3 Å². The van der Waals surface area contributed by atoms with Crippen LogP contribution in [0.15, 0.2) is 53.1 Å². The number of anilines is 1. The van der Waals surface area contributed by atoms with Crippen LogP contribution in [0.2, 0.25) is 0 Å². The first-order valence-electron chi connectivity index (χ1n) is 8.80. The lowest BCUT2D eigenvalue weighted by atomic mass is 10.1. The molecule has 3 rings (SSSR count). The molecule has 28 heavy (non-hydrogen) atoms. The molecule has 0 aliphatic rings. The molecule has 0 unspecified atom stereocenters. The van der Waals surface area contributed by atoms with Crippen molar-refractivity contribution < 1.29 is 19.0 Å². The predicted octanol–water partition coefficient (Wildman–Crippen LogP) is 4.10. The Kier molecular flexibility index (Phi) is 5.30. The van der Waals surface area contributed by atoms with Crippen LogP contribution in [0, 0.1) is 10.1 Å². The van der Waals surface area contributed by atoms with Crippen LogP contribution in [0.25, 0.3) is 11.0 Å². The van der Waals surface area contributed by atoms with Crippen molar-refractivity contribution in [2.24, 2.45) is 0 Å². The Bertz CT molecular complexity index is 992. The molecular formula is C20H21N3O5. The van der Waals surface area contributed by atoms with Crippen LogP contribution < -0.4 is 5.32 Å². The summed E-state index contributed by atoms with van der Waals surface area (Å²) in [6.07, 6.45) is 0.386. The molecule has 0 aliphatic heterocycles. The van der Waals surface area contributed by atoms with E-state index in [0.29, 0.717) is 17.6 Å². The Morgan fingerprint density at radius 3 is 2.61 bits per heavy atom. The molecule has 2 aromatic carbocycles. The lowest BCUT2D eigenvalue weighted by Gasteiger charge is -2.24. The van der Waals surface area contributed by atoms with Crippen molar-refractivity contribution in [1.82, 2.24) is 5.16 Å². The van der Waals surface area contributed by atoms with Crippen molar-refractivity contribution in [3.8, 4) is 0 Å². The van der Waals surface area contributed by atoms with Crippen molar-refractivity contribution in [2.45, 2.75) is 38.8 Å². The summed E-state index contributed by atoms with van der Waals surface area (Å²) in [5.74, 6) is -0.0916. The van der Waals surface area contributed by atoms with Gasteiger partial charge in [0.2, 0.25) is 0 Å². The summed E-state index contributed by atoms with van der Waals surface area (Å²) in [6.45, 7) is 5.40. The van der Waals surface area contributed by atoms with E-state index in [1.54, 1.807) is 26.8 Å². The van der Waals surface area contributed by atoms with Crippen molar-refractivity contribution >= 4 is 28.4 Å². The van der Waals surface area contributed by atoms with Gasteiger partial charge in [-0.05, 0) is 32.4 Å². The van der Waals surface area contributed by atoms with Crippen LogP contribution in [0.3, 0.4) is 0 Å². The van der Waals surface area contributed by atoms with E-state index in [1.165, 1.54) is 12.1 Å². The number of ether oxygens (including phenoxy) is 1. The number of hydrogen-bond acceptors (Lipinski definition) is 7. The third kappa shape index (κ3) is 4.64. The van der Waals surface area contributed by atoms with E-state index in [1.807, 2.05) is 30.3 Å². The molecule has 1 N–H and O–H groups in total. The summed E-state index contributed by atoms with van der Waals surface area (Å²) in [5, 5.41) is 18.5. The van der Waals surface area contributed by atoms with Gasteiger partial charge < -0.3 is 14.6 Å². The SMILES string of the molecule is CC(C)(C)OC(=O)[C@H](Cc1ccccc1)Nc1noc2cc([N+](=O)[O-])ccc12. The first kappa shape index (κ1) is 19.3. The summed E-state index contributed by atoms with van der Waals surface area (Å²) in [5.41, 5.74) is 0.483. The molecule has 0 saturated heterocycles. The average Bonchev–Trinajstić information content (AvgIpc) is 3.02. The van der Waals surface area contributed by atoms with Crippen molar-refractivity contribution in [2.75, 3.05) is 5.32 Å². The number of nitro groups is 1. The number of nitrogens with zero attached hydrogens (tertiary/aromatic N) is 2. The van der Waals surface area contributed by atoms with Gasteiger partial charge in [-0.2, -0.15) is 0 Å². The lowest BCUT2D eigenvalue weighted by molar-refractivity contribution is -0.384.